The van der Waals surface area contributed by atoms with Crippen LogP contribution in [0.3, 0.4) is 0 Å². The minimum absolute atomic E-state index is 0.0519. The van der Waals surface area contributed by atoms with Crippen LogP contribution in [0.4, 0.5) is 0 Å². The van der Waals surface area contributed by atoms with E-state index in [9.17, 15) is 9.59 Å². The first kappa shape index (κ1) is 19.4. The molecule has 1 heterocycles. The molecule has 2 aromatic rings. The van der Waals surface area contributed by atoms with Crippen molar-refractivity contribution in [1.29, 1.82) is 0 Å². The van der Waals surface area contributed by atoms with Gasteiger partial charge in [-0.15, -0.1) is 0 Å². The predicted molar refractivity (Wildman–Crippen MR) is 107 cm³/mol. The summed E-state index contributed by atoms with van der Waals surface area (Å²) < 4.78 is 10.5. The van der Waals surface area contributed by atoms with Crippen molar-refractivity contribution in [2.45, 2.75) is 33.3 Å². The van der Waals surface area contributed by atoms with Gasteiger partial charge in [0.2, 0.25) is 0 Å². The highest BCUT2D eigenvalue weighted by Crippen LogP contribution is 2.23. The summed E-state index contributed by atoms with van der Waals surface area (Å²) in [6.07, 6.45) is 0.0584. The van der Waals surface area contributed by atoms with Crippen LogP contribution in [0.5, 0.6) is 0 Å². The van der Waals surface area contributed by atoms with Gasteiger partial charge in [0, 0.05) is 23.1 Å². The van der Waals surface area contributed by atoms with Gasteiger partial charge in [0.1, 0.15) is 12.7 Å². The molecule has 1 aliphatic rings. The number of carbonyl (C=O) groups is 2. The van der Waals surface area contributed by atoms with E-state index in [4.69, 9.17) is 9.47 Å². The molecule has 1 unspecified atom stereocenters. The fourth-order valence-electron chi connectivity index (χ4n) is 2.80. The van der Waals surface area contributed by atoms with Crippen molar-refractivity contribution in [1.82, 2.24) is 0 Å². The number of hydrogen-bond acceptors (Lipinski definition) is 4. The van der Waals surface area contributed by atoms with E-state index >= 15 is 0 Å². The lowest BCUT2D eigenvalue weighted by Crippen LogP contribution is -2.18. The molecule has 1 atom stereocenters. The van der Waals surface area contributed by atoms with Crippen LogP contribution in [0.2, 0.25) is 0 Å². The summed E-state index contributed by atoms with van der Waals surface area (Å²) in [5.74, 6) is 5.41. The number of aryl methyl sites for hydroxylation is 1. The zero-order valence-electron chi connectivity index (χ0n) is 16.2. The zero-order valence-corrected chi connectivity index (χ0v) is 16.2. The molecule has 0 aliphatic carbocycles. The fraction of sp³-hybridized carbons (Fsp3) is 0.250. The Morgan fingerprint density at radius 2 is 1.61 bits per heavy atom. The maximum atomic E-state index is 12.2. The summed E-state index contributed by atoms with van der Waals surface area (Å²) in [6.45, 7) is 5.82. The molecular formula is C24H22O4. The van der Waals surface area contributed by atoms with Gasteiger partial charge in [-0.3, -0.25) is 0 Å². The number of allylic oxidation sites excluding steroid dienone is 1. The van der Waals surface area contributed by atoms with E-state index in [1.54, 1.807) is 24.3 Å². The smallest absolute Gasteiger partial charge is 0.338 e. The number of ether oxygens (including phenoxy) is 2. The third kappa shape index (κ3) is 4.89. The van der Waals surface area contributed by atoms with Crippen LogP contribution in [0, 0.1) is 18.8 Å². The zero-order chi connectivity index (χ0) is 20.1. The summed E-state index contributed by atoms with van der Waals surface area (Å²) in [7, 11) is 0. The van der Waals surface area contributed by atoms with Crippen LogP contribution in [-0.4, -0.2) is 24.6 Å². The van der Waals surface area contributed by atoms with Crippen LogP contribution in [0.1, 0.15) is 47.3 Å². The Labute approximate surface area is 165 Å². The quantitative estimate of drug-likeness (QED) is 0.459. The van der Waals surface area contributed by atoms with E-state index in [1.807, 2.05) is 45.0 Å². The second kappa shape index (κ2) is 8.58. The molecule has 0 spiro atoms. The molecule has 0 aromatic heterocycles. The predicted octanol–water partition coefficient (Wildman–Crippen LogP) is 4.20. The number of rotatable bonds is 3. The van der Waals surface area contributed by atoms with Gasteiger partial charge in [0.05, 0.1) is 5.56 Å². The minimum atomic E-state index is -0.445. The number of carbonyl (C=O) groups excluding carboxylic acids is 2. The molecule has 142 valence electrons. The summed E-state index contributed by atoms with van der Waals surface area (Å²) in [4.78, 5) is 23.9. The van der Waals surface area contributed by atoms with Gasteiger partial charge in [0.15, 0.2) is 0 Å². The van der Waals surface area contributed by atoms with Gasteiger partial charge in [-0.2, -0.15) is 0 Å². The van der Waals surface area contributed by atoms with E-state index in [2.05, 4.69) is 11.8 Å². The van der Waals surface area contributed by atoms with Gasteiger partial charge < -0.3 is 9.47 Å². The number of benzene rings is 2. The highest BCUT2D eigenvalue weighted by Gasteiger charge is 2.30. The Morgan fingerprint density at radius 3 is 2.14 bits per heavy atom. The summed E-state index contributed by atoms with van der Waals surface area (Å²) in [5, 5.41) is 0. The van der Waals surface area contributed by atoms with Gasteiger partial charge >= 0.3 is 11.9 Å². The van der Waals surface area contributed by atoms with Gasteiger partial charge in [-0.25, -0.2) is 9.59 Å². The summed E-state index contributed by atoms with van der Waals surface area (Å²) in [6, 6.07) is 14.9. The molecule has 1 fully saturated rings. The number of hydrogen-bond donors (Lipinski definition) is 0. The van der Waals surface area contributed by atoms with Crippen LogP contribution in [-0.2, 0) is 14.3 Å². The first-order valence-corrected chi connectivity index (χ1v) is 9.15. The van der Waals surface area contributed by atoms with Crippen LogP contribution in [0.25, 0.3) is 0 Å². The first-order chi connectivity index (χ1) is 13.4. The maximum absolute atomic E-state index is 12.2. The van der Waals surface area contributed by atoms with Crippen molar-refractivity contribution in [2.75, 3.05) is 6.61 Å². The molecule has 4 heteroatoms. The van der Waals surface area contributed by atoms with Gasteiger partial charge in [0.25, 0.3) is 0 Å². The molecule has 1 aliphatic heterocycles. The standard InChI is InChI=1S/C24H22O4/c1-16(2)22-14-21(28-24(22)26)15-27-23(25)20-12-10-19(11-13-20)9-8-18-6-4-17(3)5-7-18/h4-7,10-13,21H,14-15H2,1-3H3. The first-order valence-electron chi connectivity index (χ1n) is 9.15. The third-order valence-electron chi connectivity index (χ3n) is 4.48. The Hall–Kier alpha value is -3.32. The van der Waals surface area contributed by atoms with Crippen LogP contribution in [0.15, 0.2) is 59.7 Å². The molecule has 1 saturated heterocycles. The third-order valence-corrected chi connectivity index (χ3v) is 4.48. The monoisotopic (exact) mass is 374 g/mol. The van der Waals surface area contributed by atoms with Crippen molar-refractivity contribution >= 4 is 11.9 Å². The number of esters is 2. The molecule has 2 aromatic carbocycles. The molecular weight excluding hydrogens is 352 g/mol. The average molecular weight is 374 g/mol. The molecule has 28 heavy (non-hydrogen) atoms. The lowest BCUT2D eigenvalue weighted by atomic mass is 10.1. The molecule has 0 saturated carbocycles. The Morgan fingerprint density at radius 1 is 1.04 bits per heavy atom. The Kier molecular flexibility index (Phi) is 5.96. The van der Waals surface area contributed by atoms with E-state index in [0.29, 0.717) is 17.6 Å². The van der Waals surface area contributed by atoms with Gasteiger partial charge in [-0.1, -0.05) is 35.1 Å². The minimum Gasteiger partial charge on any atom is -0.458 e. The molecule has 3 rings (SSSR count). The summed E-state index contributed by atoms with van der Waals surface area (Å²) >= 11 is 0. The lowest BCUT2D eigenvalue weighted by molar-refractivity contribution is -0.140. The second-order valence-electron chi connectivity index (χ2n) is 7.00. The van der Waals surface area contributed by atoms with Crippen LogP contribution < -0.4 is 0 Å². The normalized spacial score (nSPS) is 15.5. The molecule has 0 amide bonds. The highest BCUT2D eigenvalue weighted by molar-refractivity contribution is 5.92. The largest absolute Gasteiger partial charge is 0.458 e. The van der Waals surface area contributed by atoms with Gasteiger partial charge in [-0.05, 0) is 57.2 Å². The van der Waals surface area contributed by atoms with E-state index in [1.165, 1.54) is 5.56 Å². The Balaban J connectivity index is 1.56. The molecule has 0 radical (unpaired) electrons. The number of cyclic esters (lactones) is 1. The topological polar surface area (TPSA) is 52.6 Å². The fourth-order valence-corrected chi connectivity index (χ4v) is 2.80. The van der Waals surface area contributed by atoms with Crippen molar-refractivity contribution in [3.8, 4) is 11.8 Å². The molecule has 0 N–H and O–H groups in total. The lowest BCUT2D eigenvalue weighted by Gasteiger charge is -2.09. The SMILES string of the molecule is CC(C)=C1CC(COC(=O)c2ccc(C#Cc3ccc(C)cc3)cc2)OC1=O. The van der Waals surface area contributed by atoms with Crippen molar-refractivity contribution in [3.63, 3.8) is 0 Å². The maximum Gasteiger partial charge on any atom is 0.338 e. The van der Waals surface area contributed by atoms with E-state index in [0.717, 1.165) is 16.7 Å². The van der Waals surface area contributed by atoms with E-state index in [-0.39, 0.29) is 12.6 Å². The molecule has 0 bridgehead atoms. The highest BCUT2D eigenvalue weighted by atomic mass is 16.6. The Bertz CT molecular complexity index is 966. The van der Waals surface area contributed by atoms with Crippen molar-refractivity contribution in [3.05, 3.63) is 81.9 Å². The van der Waals surface area contributed by atoms with Crippen LogP contribution >= 0.6 is 0 Å². The van der Waals surface area contributed by atoms with Crippen molar-refractivity contribution < 1.29 is 19.1 Å². The summed E-state index contributed by atoms with van der Waals surface area (Å²) in [5.41, 5.74) is 4.98. The van der Waals surface area contributed by atoms with E-state index < -0.39 is 12.1 Å². The average Bonchev–Trinajstić information content (AvgIpc) is 3.07. The molecule has 4 nitrogen and oxygen atoms in total. The second-order valence-corrected chi connectivity index (χ2v) is 7.00. The van der Waals surface area contributed by atoms with Crippen molar-refractivity contribution in [2.24, 2.45) is 0 Å².